The highest BCUT2D eigenvalue weighted by Crippen LogP contribution is 2.44. The molecular formula is C36H45ClN6O7. The summed E-state index contributed by atoms with van der Waals surface area (Å²) in [6.45, 7) is 2.26. The van der Waals surface area contributed by atoms with Crippen LogP contribution in [0.25, 0.3) is 0 Å². The van der Waals surface area contributed by atoms with Crippen molar-refractivity contribution in [3.05, 3.63) is 70.7 Å². The van der Waals surface area contributed by atoms with Gasteiger partial charge in [0, 0.05) is 31.1 Å². The summed E-state index contributed by atoms with van der Waals surface area (Å²) in [5, 5.41) is 21.8. The first-order chi connectivity index (χ1) is 23.8. The summed E-state index contributed by atoms with van der Waals surface area (Å²) in [5.74, 6) is -3.83. The molecule has 5 N–H and O–H groups in total. The fraction of sp³-hybridized carbons (Fsp3) is 0.500. The Morgan fingerprint density at radius 3 is 2.20 bits per heavy atom. The average Bonchev–Trinajstić information content (AvgIpc) is 3.49. The lowest BCUT2D eigenvalue weighted by Gasteiger charge is -2.41. The zero-order valence-corrected chi connectivity index (χ0v) is 29.2. The number of hydrogen-bond acceptors (Lipinski definition) is 7. The summed E-state index contributed by atoms with van der Waals surface area (Å²) in [5.41, 5.74) is 0.812. The zero-order chi connectivity index (χ0) is 36.2. The lowest BCUT2D eigenvalue weighted by molar-refractivity contribution is -0.143. The van der Waals surface area contributed by atoms with Crippen LogP contribution in [-0.4, -0.2) is 107 Å². The number of benzene rings is 2. The van der Waals surface area contributed by atoms with E-state index in [1.807, 2.05) is 42.5 Å². The number of hydrogen-bond donors (Lipinski definition) is 5. The third kappa shape index (κ3) is 7.94. The van der Waals surface area contributed by atoms with E-state index in [0.717, 1.165) is 22.4 Å². The largest absolute Gasteiger partial charge is 0.394 e. The van der Waals surface area contributed by atoms with Gasteiger partial charge in [0.1, 0.15) is 24.2 Å². The van der Waals surface area contributed by atoms with Gasteiger partial charge in [-0.25, -0.2) is 0 Å². The van der Waals surface area contributed by atoms with Gasteiger partial charge in [0.15, 0.2) is 0 Å². The highest BCUT2D eigenvalue weighted by atomic mass is 35.5. The Labute approximate surface area is 296 Å². The minimum atomic E-state index is -1.40. The number of carbonyl (C=O) groups excluding carboxylic acids is 6. The van der Waals surface area contributed by atoms with Gasteiger partial charge in [-0.15, -0.1) is 0 Å². The molecule has 1 aliphatic carbocycles. The number of fused-ring (bicyclic) bond motifs is 1. The quantitative estimate of drug-likeness (QED) is 0.281. The molecule has 5 atom stereocenters. The monoisotopic (exact) mass is 708 g/mol. The summed E-state index contributed by atoms with van der Waals surface area (Å²) in [6, 6.07) is 10.9. The minimum Gasteiger partial charge on any atom is -0.394 e. The van der Waals surface area contributed by atoms with Crippen LogP contribution in [0.2, 0.25) is 5.02 Å². The van der Waals surface area contributed by atoms with E-state index >= 15 is 0 Å². The molecule has 2 aromatic rings. The van der Waals surface area contributed by atoms with Crippen LogP contribution in [0.1, 0.15) is 50.7 Å². The second-order valence-corrected chi connectivity index (χ2v) is 14.3. The predicted molar refractivity (Wildman–Crippen MR) is 185 cm³/mol. The normalized spacial score (nSPS) is 26.2. The van der Waals surface area contributed by atoms with Gasteiger partial charge in [0.05, 0.1) is 18.6 Å². The van der Waals surface area contributed by atoms with Gasteiger partial charge in [0.2, 0.25) is 35.4 Å². The Kier molecular flexibility index (Phi) is 11.5. The SMILES string of the molecule is CC(C)[C@H]1NC(=O)CN(C)C(=O)[C@H](CO)NC(=O)[C@@H]2C[C@H](NC(=O)C3(c4ccc(Cl)cc4)CCC3)CN2C(=O)[C@H](Cc2ccccc2)NC1=O. The first kappa shape index (κ1) is 36.8. The highest BCUT2D eigenvalue weighted by molar-refractivity contribution is 6.30. The van der Waals surface area contributed by atoms with Crippen LogP contribution in [-0.2, 0) is 40.6 Å². The fourth-order valence-corrected chi connectivity index (χ4v) is 7.11. The topological polar surface area (TPSA) is 177 Å². The molecule has 0 radical (unpaired) electrons. The molecule has 6 amide bonds. The van der Waals surface area contributed by atoms with Crippen LogP contribution in [0.5, 0.6) is 0 Å². The predicted octanol–water partition coefficient (Wildman–Crippen LogP) is 0.665. The molecule has 14 heteroatoms. The molecule has 0 aromatic heterocycles. The number of nitrogens with one attached hydrogen (secondary N) is 4. The van der Waals surface area contributed by atoms with Crippen LogP contribution >= 0.6 is 11.6 Å². The van der Waals surface area contributed by atoms with Gasteiger partial charge in [-0.05, 0) is 48.4 Å². The van der Waals surface area contributed by atoms with Crippen LogP contribution in [0, 0.1) is 5.92 Å². The van der Waals surface area contributed by atoms with Gasteiger partial charge in [-0.2, -0.15) is 0 Å². The van der Waals surface area contributed by atoms with Crippen LogP contribution in [0.3, 0.4) is 0 Å². The molecule has 3 aliphatic rings. The van der Waals surface area contributed by atoms with Gasteiger partial charge >= 0.3 is 0 Å². The van der Waals surface area contributed by atoms with Crippen molar-refractivity contribution in [3.8, 4) is 0 Å². The highest BCUT2D eigenvalue weighted by Gasteiger charge is 2.49. The van der Waals surface area contributed by atoms with E-state index in [1.165, 1.54) is 11.9 Å². The average molecular weight is 709 g/mol. The molecule has 5 rings (SSSR count). The number of likely N-dealkylation sites (N-methyl/N-ethyl adjacent to an activating group) is 1. The maximum absolute atomic E-state index is 14.5. The molecule has 0 unspecified atom stereocenters. The van der Waals surface area contributed by atoms with E-state index in [2.05, 4.69) is 21.3 Å². The van der Waals surface area contributed by atoms with E-state index in [9.17, 15) is 33.9 Å². The van der Waals surface area contributed by atoms with Crippen LogP contribution in [0.4, 0.5) is 0 Å². The molecule has 1 saturated carbocycles. The third-order valence-electron chi connectivity index (χ3n) is 9.98. The Bertz CT molecular complexity index is 1600. The van der Waals surface area contributed by atoms with Gasteiger partial charge < -0.3 is 36.2 Å². The van der Waals surface area contributed by atoms with E-state index in [-0.39, 0.29) is 31.2 Å². The van der Waals surface area contributed by atoms with Crippen LogP contribution in [0.15, 0.2) is 54.6 Å². The Morgan fingerprint density at radius 1 is 0.940 bits per heavy atom. The maximum Gasteiger partial charge on any atom is 0.247 e. The first-order valence-corrected chi connectivity index (χ1v) is 17.4. The standard InChI is InChI=1S/C36H45ClN6O7/c1-21(2)30-32(47)39-26(16-22-8-5-4-6-9-22)34(49)43-18-25(38-35(50)36(14-7-15-36)23-10-12-24(37)13-11-23)17-28(43)31(46)40-27(20-44)33(48)42(3)19-29(45)41-30/h4-6,8-13,21,25-28,30,44H,7,14-20H2,1-3H3,(H,38,50)(H,39,47)(H,40,46)(H,41,45)/t25-,26-,27-,28-,30+/m0/s1. The van der Waals surface area contributed by atoms with Crippen molar-refractivity contribution >= 4 is 47.0 Å². The lowest BCUT2D eigenvalue weighted by Crippen LogP contribution is -2.58. The molecule has 2 aliphatic heterocycles. The van der Waals surface area contributed by atoms with E-state index in [1.54, 1.807) is 26.0 Å². The van der Waals surface area contributed by atoms with E-state index in [4.69, 9.17) is 11.6 Å². The number of carbonyl (C=O) groups is 6. The van der Waals surface area contributed by atoms with Crippen molar-refractivity contribution < 1.29 is 33.9 Å². The number of amides is 6. The van der Waals surface area contributed by atoms with Crippen molar-refractivity contribution in [1.82, 2.24) is 31.1 Å². The smallest absolute Gasteiger partial charge is 0.247 e. The number of aliphatic hydroxyl groups is 1. The van der Waals surface area contributed by atoms with Crippen molar-refractivity contribution in [2.45, 2.75) is 81.6 Å². The molecular weight excluding hydrogens is 664 g/mol. The summed E-state index contributed by atoms with van der Waals surface area (Å²) < 4.78 is 0. The maximum atomic E-state index is 14.5. The first-order valence-electron chi connectivity index (χ1n) is 17.0. The lowest BCUT2D eigenvalue weighted by atomic mass is 9.63. The number of nitrogens with zero attached hydrogens (tertiary/aromatic N) is 2. The molecule has 268 valence electrons. The van der Waals surface area contributed by atoms with E-state index < -0.39 is 78.3 Å². The Hall–Kier alpha value is -4.49. The summed E-state index contributed by atoms with van der Waals surface area (Å²) in [6.07, 6.45) is 2.24. The van der Waals surface area contributed by atoms with Crippen molar-refractivity contribution in [2.75, 3.05) is 26.7 Å². The summed E-state index contributed by atoms with van der Waals surface area (Å²) >= 11 is 6.11. The second-order valence-electron chi connectivity index (χ2n) is 13.8. The van der Waals surface area contributed by atoms with Crippen LogP contribution < -0.4 is 21.3 Å². The van der Waals surface area contributed by atoms with Crippen molar-refractivity contribution in [2.24, 2.45) is 5.92 Å². The van der Waals surface area contributed by atoms with Crippen molar-refractivity contribution in [1.29, 1.82) is 0 Å². The molecule has 0 spiro atoms. The molecule has 2 saturated heterocycles. The summed E-state index contributed by atoms with van der Waals surface area (Å²) in [4.78, 5) is 84.7. The number of rotatable bonds is 7. The second kappa shape index (κ2) is 15.6. The number of aliphatic hydroxyl groups excluding tert-OH is 1. The molecule has 50 heavy (non-hydrogen) atoms. The Morgan fingerprint density at radius 2 is 1.60 bits per heavy atom. The zero-order valence-electron chi connectivity index (χ0n) is 28.5. The van der Waals surface area contributed by atoms with Crippen molar-refractivity contribution in [3.63, 3.8) is 0 Å². The molecule has 3 fully saturated rings. The third-order valence-corrected chi connectivity index (χ3v) is 10.2. The minimum absolute atomic E-state index is 0.0306. The summed E-state index contributed by atoms with van der Waals surface area (Å²) in [7, 11) is 1.35. The molecule has 0 bridgehead atoms. The van der Waals surface area contributed by atoms with Gasteiger partial charge in [-0.3, -0.25) is 28.8 Å². The fourth-order valence-electron chi connectivity index (χ4n) is 6.98. The van der Waals surface area contributed by atoms with Gasteiger partial charge in [-0.1, -0.05) is 74.3 Å². The molecule has 2 aromatic carbocycles. The van der Waals surface area contributed by atoms with E-state index in [0.29, 0.717) is 17.9 Å². The molecule has 2 heterocycles. The number of halogens is 1. The van der Waals surface area contributed by atoms with Gasteiger partial charge in [0.25, 0.3) is 0 Å². The molecule has 13 nitrogen and oxygen atoms in total. The Balaban J connectivity index is 1.48.